The van der Waals surface area contributed by atoms with Crippen molar-refractivity contribution in [3.8, 4) is 0 Å². The van der Waals surface area contributed by atoms with Crippen molar-refractivity contribution in [2.45, 2.75) is 78.4 Å². The third kappa shape index (κ3) is 7.11. The molecule has 0 saturated carbocycles. The first kappa shape index (κ1) is 20.1. The van der Waals surface area contributed by atoms with Gasteiger partial charge in [-0.05, 0) is 32.6 Å². The van der Waals surface area contributed by atoms with E-state index >= 15 is 0 Å². The molecule has 4 atom stereocenters. The van der Waals surface area contributed by atoms with Crippen LogP contribution >= 0.6 is 0 Å². The number of nitrogens with one attached hydrogen (secondary N) is 1. The van der Waals surface area contributed by atoms with Crippen LogP contribution in [0.2, 0.25) is 0 Å². The number of carbonyl (C=O) groups excluding carboxylic acids is 1. The van der Waals surface area contributed by atoms with Crippen molar-refractivity contribution >= 4 is 6.09 Å². The molecule has 1 amide bonds. The van der Waals surface area contributed by atoms with Gasteiger partial charge in [-0.15, -0.1) is 0 Å². The quantitative estimate of drug-likeness (QED) is 0.591. The van der Waals surface area contributed by atoms with E-state index in [-0.39, 0.29) is 11.8 Å². The lowest BCUT2D eigenvalue weighted by Crippen LogP contribution is -2.57. The molecule has 0 aliphatic rings. The number of hydrogen-bond acceptors (Lipinski definition) is 5. The lowest BCUT2D eigenvalue weighted by Gasteiger charge is -2.34. The van der Waals surface area contributed by atoms with E-state index in [9.17, 15) is 15.0 Å². The number of ether oxygens (including phenoxy) is 1. The summed E-state index contributed by atoms with van der Waals surface area (Å²) in [4.78, 5) is 11.8. The van der Waals surface area contributed by atoms with E-state index in [1.54, 1.807) is 20.8 Å². The zero-order valence-electron chi connectivity index (χ0n) is 14.3. The third-order valence-electron chi connectivity index (χ3n) is 3.28. The highest BCUT2D eigenvalue weighted by Gasteiger charge is 2.35. The number of carbonyl (C=O) groups is 1. The van der Waals surface area contributed by atoms with E-state index in [0.717, 1.165) is 0 Å². The number of rotatable bonds is 6. The second-order valence-corrected chi connectivity index (χ2v) is 7.22. The largest absolute Gasteiger partial charge is 0.444 e. The van der Waals surface area contributed by atoms with Crippen molar-refractivity contribution in [2.75, 3.05) is 0 Å². The SMILES string of the molecule is CC(C)[C@H](N)[C@H](O)[C@@H](O)[C@@H](NC(=O)OC(C)(C)C)C(C)C. The van der Waals surface area contributed by atoms with Crippen LogP contribution in [-0.2, 0) is 4.74 Å². The Morgan fingerprint density at radius 3 is 1.86 bits per heavy atom. The van der Waals surface area contributed by atoms with Crippen molar-refractivity contribution < 1.29 is 19.7 Å². The Morgan fingerprint density at radius 2 is 1.52 bits per heavy atom. The molecular weight excluding hydrogens is 272 g/mol. The molecule has 0 heterocycles. The summed E-state index contributed by atoms with van der Waals surface area (Å²) in [6, 6.07) is -1.21. The number of alkyl carbamates (subject to hydrolysis) is 1. The van der Waals surface area contributed by atoms with E-state index in [1.807, 2.05) is 27.7 Å². The van der Waals surface area contributed by atoms with Crippen LogP contribution in [0.25, 0.3) is 0 Å². The summed E-state index contributed by atoms with van der Waals surface area (Å²) in [6.07, 6.45) is -2.90. The van der Waals surface area contributed by atoms with E-state index in [2.05, 4.69) is 5.32 Å². The molecule has 0 spiro atoms. The second kappa shape index (κ2) is 7.96. The Bertz CT molecular complexity index is 326. The molecule has 6 heteroatoms. The summed E-state index contributed by atoms with van der Waals surface area (Å²) in [7, 11) is 0. The van der Waals surface area contributed by atoms with Crippen molar-refractivity contribution in [1.82, 2.24) is 5.32 Å². The predicted octanol–water partition coefficient (Wildman–Crippen LogP) is 1.24. The predicted molar refractivity (Wildman–Crippen MR) is 82.8 cm³/mol. The maximum absolute atomic E-state index is 11.8. The Kier molecular flexibility index (Phi) is 7.64. The zero-order chi connectivity index (χ0) is 17.0. The minimum atomic E-state index is -1.16. The van der Waals surface area contributed by atoms with Crippen LogP contribution in [0.4, 0.5) is 4.79 Å². The van der Waals surface area contributed by atoms with Gasteiger partial charge in [0.2, 0.25) is 0 Å². The fourth-order valence-electron chi connectivity index (χ4n) is 1.92. The molecule has 0 aromatic rings. The Labute approximate surface area is 128 Å². The van der Waals surface area contributed by atoms with Crippen LogP contribution in [0.15, 0.2) is 0 Å². The molecule has 126 valence electrons. The van der Waals surface area contributed by atoms with Gasteiger partial charge < -0.3 is 26.0 Å². The van der Waals surface area contributed by atoms with E-state index < -0.39 is 36.0 Å². The molecule has 0 aliphatic carbocycles. The van der Waals surface area contributed by atoms with Crippen LogP contribution < -0.4 is 11.1 Å². The normalized spacial score (nSPS) is 18.3. The molecule has 0 aromatic heterocycles. The van der Waals surface area contributed by atoms with Gasteiger partial charge in [0.25, 0.3) is 0 Å². The lowest BCUT2D eigenvalue weighted by atomic mass is 9.88. The van der Waals surface area contributed by atoms with Crippen molar-refractivity contribution in [3.63, 3.8) is 0 Å². The number of aliphatic hydroxyl groups is 2. The molecular formula is C15H32N2O4. The maximum atomic E-state index is 11.8. The topological polar surface area (TPSA) is 105 Å². The Balaban J connectivity index is 4.86. The summed E-state index contributed by atoms with van der Waals surface area (Å²) in [5.41, 5.74) is 5.26. The van der Waals surface area contributed by atoms with Crippen LogP contribution in [0.3, 0.4) is 0 Å². The molecule has 0 aromatic carbocycles. The number of aliphatic hydroxyl groups excluding tert-OH is 2. The molecule has 0 unspecified atom stereocenters. The Hall–Kier alpha value is -0.850. The van der Waals surface area contributed by atoms with Crippen molar-refractivity contribution in [2.24, 2.45) is 17.6 Å². The van der Waals surface area contributed by atoms with Crippen molar-refractivity contribution in [1.29, 1.82) is 0 Å². The Morgan fingerprint density at radius 1 is 1.05 bits per heavy atom. The minimum Gasteiger partial charge on any atom is -0.444 e. The fraction of sp³-hybridized carbons (Fsp3) is 0.933. The van der Waals surface area contributed by atoms with Gasteiger partial charge in [-0.25, -0.2) is 4.79 Å². The highest BCUT2D eigenvalue weighted by Crippen LogP contribution is 2.16. The molecule has 0 radical (unpaired) electrons. The smallest absolute Gasteiger partial charge is 0.407 e. The summed E-state index contributed by atoms with van der Waals surface area (Å²) < 4.78 is 5.18. The van der Waals surface area contributed by atoms with E-state index in [0.29, 0.717) is 0 Å². The lowest BCUT2D eigenvalue weighted by molar-refractivity contribution is -0.0359. The average molecular weight is 304 g/mol. The molecule has 0 fully saturated rings. The van der Waals surface area contributed by atoms with Crippen LogP contribution in [-0.4, -0.2) is 46.2 Å². The molecule has 6 nitrogen and oxygen atoms in total. The van der Waals surface area contributed by atoms with Gasteiger partial charge in [0.1, 0.15) is 11.7 Å². The minimum absolute atomic E-state index is 0.0176. The summed E-state index contributed by atoms with van der Waals surface area (Å²) >= 11 is 0. The second-order valence-electron chi connectivity index (χ2n) is 7.22. The molecule has 21 heavy (non-hydrogen) atoms. The first-order chi connectivity index (χ1) is 9.36. The monoisotopic (exact) mass is 304 g/mol. The van der Waals surface area contributed by atoms with Gasteiger partial charge in [0.05, 0.1) is 12.1 Å². The van der Waals surface area contributed by atoms with E-state index in [1.165, 1.54) is 0 Å². The molecule has 0 aliphatic heterocycles. The highest BCUT2D eigenvalue weighted by atomic mass is 16.6. The van der Waals surface area contributed by atoms with Gasteiger partial charge in [-0.2, -0.15) is 0 Å². The summed E-state index contributed by atoms with van der Waals surface area (Å²) in [6.45, 7) is 12.7. The van der Waals surface area contributed by atoms with Gasteiger partial charge in [0.15, 0.2) is 0 Å². The van der Waals surface area contributed by atoms with Gasteiger partial charge in [-0.3, -0.25) is 0 Å². The third-order valence-corrected chi connectivity index (χ3v) is 3.28. The number of amides is 1. The van der Waals surface area contributed by atoms with Gasteiger partial charge >= 0.3 is 6.09 Å². The van der Waals surface area contributed by atoms with Gasteiger partial charge in [-0.1, -0.05) is 27.7 Å². The maximum Gasteiger partial charge on any atom is 0.407 e. The van der Waals surface area contributed by atoms with Crippen LogP contribution in [0.5, 0.6) is 0 Å². The molecule has 0 saturated heterocycles. The highest BCUT2D eigenvalue weighted by molar-refractivity contribution is 5.68. The first-order valence-electron chi connectivity index (χ1n) is 7.48. The van der Waals surface area contributed by atoms with Crippen molar-refractivity contribution in [3.05, 3.63) is 0 Å². The van der Waals surface area contributed by atoms with Crippen LogP contribution in [0.1, 0.15) is 48.5 Å². The molecule has 0 bridgehead atoms. The van der Waals surface area contributed by atoms with Gasteiger partial charge in [0, 0.05) is 6.04 Å². The standard InChI is InChI=1S/C15H32N2O4/c1-8(2)10(16)12(18)13(19)11(9(3)4)17-14(20)21-15(5,6)7/h8-13,18-19H,16H2,1-7H3,(H,17,20)/t10-,11-,12-,13-/m0/s1. The van der Waals surface area contributed by atoms with Crippen LogP contribution in [0, 0.1) is 11.8 Å². The number of hydrogen-bond donors (Lipinski definition) is 4. The zero-order valence-corrected chi connectivity index (χ0v) is 14.3. The molecule has 5 N–H and O–H groups in total. The number of nitrogens with two attached hydrogens (primary N) is 1. The summed E-state index contributed by atoms with van der Waals surface area (Å²) in [5, 5.41) is 23.1. The average Bonchev–Trinajstić information content (AvgIpc) is 2.30. The molecule has 0 rings (SSSR count). The van der Waals surface area contributed by atoms with E-state index in [4.69, 9.17) is 10.5 Å². The summed E-state index contributed by atoms with van der Waals surface area (Å²) in [5.74, 6) is -0.0643. The fourth-order valence-corrected chi connectivity index (χ4v) is 1.92. The first-order valence-corrected chi connectivity index (χ1v) is 7.48.